The number of ether oxygens (including phenoxy) is 3. The van der Waals surface area contributed by atoms with E-state index in [0.29, 0.717) is 35.7 Å². The van der Waals surface area contributed by atoms with E-state index in [1.165, 1.54) is 0 Å². The second-order valence-electron chi connectivity index (χ2n) is 7.89. The Hall–Kier alpha value is -0.120. The molecule has 5 unspecified atom stereocenters. The van der Waals surface area contributed by atoms with Gasteiger partial charge in [-0.25, -0.2) is 0 Å². The number of hydrogen-bond acceptors (Lipinski definition) is 3. The molecule has 3 heteroatoms. The van der Waals surface area contributed by atoms with E-state index >= 15 is 0 Å². The van der Waals surface area contributed by atoms with Crippen molar-refractivity contribution >= 4 is 0 Å². The lowest BCUT2D eigenvalue weighted by atomic mass is 9.78. The van der Waals surface area contributed by atoms with Crippen molar-refractivity contribution in [2.75, 3.05) is 0 Å². The van der Waals surface area contributed by atoms with E-state index in [9.17, 15) is 0 Å². The third-order valence-electron chi connectivity index (χ3n) is 6.71. The molecule has 10 atom stereocenters. The van der Waals surface area contributed by atoms with E-state index < -0.39 is 0 Å². The lowest BCUT2D eigenvalue weighted by Crippen LogP contribution is -2.53. The van der Waals surface area contributed by atoms with E-state index in [1.807, 2.05) is 0 Å². The average molecular weight is 312 g/mol. The highest BCUT2D eigenvalue weighted by molar-refractivity contribution is 4.89. The second-order valence-corrected chi connectivity index (χ2v) is 7.89. The van der Waals surface area contributed by atoms with E-state index in [4.69, 9.17) is 14.2 Å². The maximum Gasteiger partial charge on any atom is 0.161 e. The molecule has 0 aliphatic carbocycles. The fourth-order valence-electron chi connectivity index (χ4n) is 4.01. The van der Waals surface area contributed by atoms with Crippen LogP contribution >= 0.6 is 0 Å². The Kier molecular flexibility index (Phi) is 5.95. The van der Waals surface area contributed by atoms with Gasteiger partial charge in [0.25, 0.3) is 0 Å². The van der Waals surface area contributed by atoms with Crippen molar-refractivity contribution in [3.05, 3.63) is 0 Å². The van der Waals surface area contributed by atoms with Gasteiger partial charge in [0.15, 0.2) is 6.29 Å². The predicted octanol–water partition coefficient (Wildman–Crippen LogP) is 4.49. The third kappa shape index (κ3) is 3.37. The van der Waals surface area contributed by atoms with Gasteiger partial charge in [-0.15, -0.1) is 0 Å². The van der Waals surface area contributed by atoms with Gasteiger partial charge in [-0.05, 0) is 43.9 Å². The van der Waals surface area contributed by atoms with Gasteiger partial charge in [-0.1, -0.05) is 41.5 Å². The van der Waals surface area contributed by atoms with Crippen LogP contribution < -0.4 is 0 Å². The van der Waals surface area contributed by atoms with Gasteiger partial charge in [-0.3, -0.25) is 0 Å². The third-order valence-corrected chi connectivity index (χ3v) is 6.71. The minimum atomic E-state index is -0.105. The van der Waals surface area contributed by atoms with E-state index in [-0.39, 0.29) is 24.6 Å². The smallest absolute Gasteiger partial charge is 0.161 e. The summed E-state index contributed by atoms with van der Waals surface area (Å²) >= 11 is 0. The van der Waals surface area contributed by atoms with Crippen LogP contribution in [-0.2, 0) is 14.2 Å². The zero-order valence-electron chi connectivity index (χ0n) is 15.7. The lowest BCUT2D eigenvalue weighted by Gasteiger charge is -2.48. The Labute approximate surface area is 137 Å². The first-order valence-corrected chi connectivity index (χ1v) is 9.24. The van der Waals surface area contributed by atoms with Crippen LogP contribution in [0.5, 0.6) is 0 Å². The molecular formula is C19H36O3. The van der Waals surface area contributed by atoms with Crippen LogP contribution in [0.25, 0.3) is 0 Å². The molecule has 2 aliphatic rings. The maximum atomic E-state index is 6.52. The highest BCUT2D eigenvalue weighted by Crippen LogP contribution is 2.39. The van der Waals surface area contributed by atoms with Crippen LogP contribution in [0.15, 0.2) is 0 Å². The van der Waals surface area contributed by atoms with Crippen LogP contribution in [0, 0.1) is 29.6 Å². The standard InChI is InChI=1S/C19H36O3/c1-9-17-18(13(5)12(4)15(7)20-17)22-19-14(6)10(2)11(3)16(8)21-19/h10-19H,9H2,1-8H3/t10-,11+,12?,13+,14?,15?,16?,17?,18-,19+/m0/s1. The molecule has 2 aliphatic heterocycles. The van der Waals surface area contributed by atoms with E-state index in [0.717, 1.165) is 6.42 Å². The largest absolute Gasteiger partial charge is 0.372 e. The summed E-state index contributed by atoms with van der Waals surface area (Å²) in [6.45, 7) is 18.0. The van der Waals surface area contributed by atoms with Crippen LogP contribution in [-0.4, -0.2) is 30.7 Å². The molecule has 0 aromatic carbocycles. The highest BCUT2D eigenvalue weighted by atomic mass is 16.7. The molecule has 2 fully saturated rings. The topological polar surface area (TPSA) is 27.7 Å². The zero-order chi connectivity index (χ0) is 16.6. The summed E-state index contributed by atoms with van der Waals surface area (Å²) in [7, 11) is 0. The summed E-state index contributed by atoms with van der Waals surface area (Å²) in [5.74, 6) is 2.63. The molecule has 0 N–H and O–H groups in total. The first-order chi connectivity index (χ1) is 10.3. The SMILES string of the molecule is CCC1OC(C)C(C)[C@@H](C)[C@@H]1O[C@H]1OC(C)[C@H](C)[C@H](C)C1C. The molecule has 0 aromatic heterocycles. The molecule has 22 heavy (non-hydrogen) atoms. The van der Waals surface area contributed by atoms with Crippen molar-refractivity contribution in [2.45, 2.75) is 92.5 Å². The Morgan fingerprint density at radius 1 is 0.682 bits per heavy atom. The Morgan fingerprint density at radius 3 is 1.82 bits per heavy atom. The molecular weight excluding hydrogens is 276 g/mol. The van der Waals surface area contributed by atoms with E-state index in [2.05, 4.69) is 55.4 Å². The predicted molar refractivity (Wildman–Crippen MR) is 89.7 cm³/mol. The number of rotatable bonds is 3. The molecule has 130 valence electrons. The van der Waals surface area contributed by atoms with Crippen LogP contribution in [0.1, 0.15) is 61.8 Å². The van der Waals surface area contributed by atoms with Crippen molar-refractivity contribution in [3.8, 4) is 0 Å². The quantitative estimate of drug-likeness (QED) is 0.768. The normalized spacial score (nSPS) is 53.5. The van der Waals surface area contributed by atoms with Crippen molar-refractivity contribution in [1.29, 1.82) is 0 Å². The molecule has 0 bridgehead atoms. The summed E-state index contributed by atoms with van der Waals surface area (Å²) in [5, 5.41) is 0. The van der Waals surface area contributed by atoms with Gasteiger partial charge in [0.05, 0.1) is 24.4 Å². The van der Waals surface area contributed by atoms with Gasteiger partial charge in [0.1, 0.15) is 0 Å². The fourth-order valence-corrected chi connectivity index (χ4v) is 4.01. The molecule has 2 heterocycles. The van der Waals surface area contributed by atoms with Crippen LogP contribution in [0.4, 0.5) is 0 Å². The van der Waals surface area contributed by atoms with Gasteiger partial charge in [0, 0.05) is 5.92 Å². The summed E-state index contributed by atoms with van der Waals surface area (Å²) in [6.07, 6.45) is 1.77. The van der Waals surface area contributed by atoms with Gasteiger partial charge >= 0.3 is 0 Å². The number of hydrogen-bond donors (Lipinski definition) is 0. The van der Waals surface area contributed by atoms with Crippen molar-refractivity contribution in [2.24, 2.45) is 29.6 Å². The first kappa shape index (κ1) is 18.2. The summed E-state index contributed by atoms with van der Waals surface area (Å²) in [4.78, 5) is 0. The van der Waals surface area contributed by atoms with Gasteiger partial charge < -0.3 is 14.2 Å². The summed E-state index contributed by atoms with van der Waals surface area (Å²) in [5.41, 5.74) is 0. The summed E-state index contributed by atoms with van der Waals surface area (Å²) in [6, 6.07) is 0. The molecule has 0 amide bonds. The van der Waals surface area contributed by atoms with Crippen molar-refractivity contribution in [1.82, 2.24) is 0 Å². The van der Waals surface area contributed by atoms with Gasteiger partial charge in [-0.2, -0.15) is 0 Å². The monoisotopic (exact) mass is 312 g/mol. The fraction of sp³-hybridized carbons (Fsp3) is 1.00. The first-order valence-electron chi connectivity index (χ1n) is 9.24. The Bertz CT molecular complexity index is 357. The maximum absolute atomic E-state index is 6.52. The van der Waals surface area contributed by atoms with Crippen LogP contribution in [0.2, 0.25) is 0 Å². The van der Waals surface area contributed by atoms with Crippen molar-refractivity contribution in [3.63, 3.8) is 0 Å². The molecule has 0 radical (unpaired) electrons. The Morgan fingerprint density at radius 2 is 1.23 bits per heavy atom. The lowest BCUT2D eigenvalue weighted by molar-refractivity contribution is -0.296. The molecule has 0 saturated carbocycles. The molecule has 0 aromatic rings. The average Bonchev–Trinajstić information content (AvgIpc) is 2.50. The zero-order valence-corrected chi connectivity index (χ0v) is 15.7. The minimum absolute atomic E-state index is 0.105. The molecule has 2 saturated heterocycles. The highest BCUT2D eigenvalue weighted by Gasteiger charge is 2.44. The Balaban J connectivity index is 2.10. The van der Waals surface area contributed by atoms with Crippen LogP contribution in [0.3, 0.4) is 0 Å². The second kappa shape index (κ2) is 7.19. The summed E-state index contributed by atoms with van der Waals surface area (Å²) < 4.78 is 18.9. The minimum Gasteiger partial charge on any atom is -0.372 e. The molecule has 0 spiro atoms. The van der Waals surface area contributed by atoms with Crippen molar-refractivity contribution < 1.29 is 14.2 Å². The van der Waals surface area contributed by atoms with E-state index in [1.54, 1.807) is 0 Å². The molecule has 3 nitrogen and oxygen atoms in total. The van der Waals surface area contributed by atoms with Gasteiger partial charge in [0.2, 0.25) is 0 Å². The molecule has 2 rings (SSSR count).